The molecule has 158 valence electrons. The molecule has 0 fully saturated rings. The molecule has 0 spiro atoms. The second kappa shape index (κ2) is 9.37. The number of primary amides is 1. The third kappa shape index (κ3) is 5.44. The SMILES string of the molecule is COc1cc(Nc2nc(N[C@H](C(C)C)[C@H](C)N)c(F)cc2C(N)=O)cc(OC)n1. The van der Waals surface area contributed by atoms with Gasteiger partial charge in [-0.1, -0.05) is 13.8 Å². The summed E-state index contributed by atoms with van der Waals surface area (Å²) in [7, 11) is 2.91. The van der Waals surface area contributed by atoms with Crippen LogP contribution in [0.5, 0.6) is 11.8 Å². The van der Waals surface area contributed by atoms with Crippen LogP contribution in [0.1, 0.15) is 31.1 Å². The zero-order chi connectivity index (χ0) is 21.7. The number of carbonyl (C=O) groups excluding carboxylic acids is 1. The first-order valence-electron chi connectivity index (χ1n) is 9.05. The molecule has 0 saturated carbocycles. The molecule has 9 nitrogen and oxygen atoms in total. The molecule has 29 heavy (non-hydrogen) atoms. The lowest BCUT2D eigenvalue weighted by Gasteiger charge is -2.27. The van der Waals surface area contributed by atoms with Crippen molar-refractivity contribution in [3.05, 3.63) is 29.6 Å². The lowest BCUT2D eigenvalue weighted by Crippen LogP contribution is -2.42. The van der Waals surface area contributed by atoms with Gasteiger partial charge >= 0.3 is 0 Å². The van der Waals surface area contributed by atoms with Crippen molar-refractivity contribution in [1.29, 1.82) is 0 Å². The van der Waals surface area contributed by atoms with E-state index in [0.29, 0.717) is 5.69 Å². The number of ether oxygens (including phenoxy) is 2. The van der Waals surface area contributed by atoms with Crippen LogP contribution in [0, 0.1) is 11.7 Å². The standard InChI is InChI=1S/C19H27FN6O3/c1-9(2)16(10(3)21)25-19-13(20)8-12(17(22)27)18(26-19)23-11-6-14(28-4)24-15(7-11)29-5/h6-10,16H,21H2,1-5H3,(H2,22,27)(H2,23,24,25,26)/t10-,16+/m0/s1. The van der Waals surface area contributed by atoms with Gasteiger partial charge in [-0.25, -0.2) is 9.37 Å². The Morgan fingerprint density at radius 3 is 2.10 bits per heavy atom. The Labute approximate surface area is 169 Å². The number of hydrogen-bond acceptors (Lipinski definition) is 8. The summed E-state index contributed by atoms with van der Waals surface area (Å²) in [6.45, 7) is 5.75. The molecule has 0 bridgehead atoms. The molecule has 0 unspecified atom stereocenters. The summed E-state index contributed by atoms with van der Waals surface area (Å²) in [4.78, 5) is 20.2. The number of aromatic nitrogens is 2. The second-order valence-corrected chi connectivity index (χ2v) is 6.92. The Morgan fingerprint density at radius 2 is 1.66 bits per heavy atom. The Morgan fingerprint density at radius 1 is 1.07 bits per heavy atom. The van der Waals surface area contributed by atoms with Crippen LogP contribution in [-0.2, 0) is 0 Å². The molecule has 10 heteroatoms. The molecule has 2 heterocycles. The highest BCUT2D eigenvalue weighted by Crippen LogP contribution is 2.28. The largest absolute Gasteiger partial charge is 0.481 e. The Kier molecular flexibility index (Phi) is 7.16. The van der Waals surface area contributed by atoms with Gasteiger partial charge in [-0.2, -0.15) is 4.98 Å². The van der Waals surface area contributed by atoms with Crippen molar-refractivity contribution >= 4 is 23.2 Å². The number of nitrogens with one attached hydrogen (secondary N) is 2. The van der Waals surface area contributed by atoms with Crippen LogP contribution in [0.4, 0.5) is 21.7 Å². The topological polar surface area (TPSA) is 137 Å². The maximum Gasteiger partial charge on any atom is 0.252 e. The van der Waals surface area contributed by atoms with E-state index in [4.69, 9.17) is 20.9 Å². The van der Waals surface area contributed by atoms with E-state index in [1.165, 1.54) is 14.2 Å². The number of amides is 1. The van der Waals surface area contributed by atoms with Crippen molar-refractivity contribution in [2.45, 2.75) is 32.9 Å². The zero-order valence-corrected chi connectivity index (χ0v) is 17.1. The molecule has 0 aliphatic rings. The van der Waals surface area contributed by atoms with Gasteiger partial charge in [0.1, 0.15) is 5.82 Å². The summed E-state index contributed by atoms with van der Waals surface area (Å²) in [6.07, 6.45) is 0. The molecule has 0 saturated heterocycles. The number of methoxy groups -OCH3 is 2. The highest BCUT2D eigenvalue weighted by atomic mass is 19.1. The van der Waals surface area contributed by atoms with Crippen LogP contribution in [0.2, 0.25) is 0 Å². The summed E-state index contributed by atoms with van der Waals surface area (Å²) in [6, 6.07) is 3.70. The number of halogens is 1. The quantitative estimate of drug-likeness (QED) is 0.498. The highest BCUT2D eigenvalue weighted by molar-refractivity contribution is 5.98. The molecule has 2 atom stereocenters. The predicted molar refractivity (Wildman–Crippen MR) is 109 cm³/mol. The van der Waals surface area contributed by atoms with Gasteiger partial charge in [-0.05, 0) is 18.9 Å². The van der Waals surface area contributed by atoms with Crippen LogP contribution >= 0.6 is 0 Å². The molecule has 0 aliphatic carbocycles. The maximum absolute atomic E-state index is 14.6. The van der Waals surface area contributed by atoms with E-state index in [1.807, 2.05) is 20.8 Å². The summed E-state index contributed by atoms with van der Waals surface area (Å²) in [5.74, 6) is -0.816. The fourth-order valence-electron chi connectivity index (χ4n) is 2.84. The van der Waals surface area contributed by atoms with E-state index in [2.05, 4.69) is 20.6 Å². The monoisotopic (exact) mass is 406 g/mol. The molecular weight excluding hydrogens is 379 g/mol. The highest BCUT2D eigenvalue weighted by Gasteiger charge is 2.22. The summed E-state index contributed by atoms with van der Waals surface area (Å²) in [5.41, 5.74) is 11.8. The van der Waals surface area contributed by atoms with E-state index >= 15 is 0 Å². The van der Waals surface area contributed by atoms with E-state index in [-0.39, 0.29) is 47.0 Å². The van der Waals surface area contributed by atoms with Gasteiger partial charge in [0.2, 0.25) is 11.8 Å². The predicted octanol–water partition coefficient (Wildman–Crippen LogP) is 2.26. The van der Waals surface area contributed by atoms with E-state index in [0.717, 1.165) is 6.07 Å². The first-order chi connectivity index (χ1) is 13.7. The molecule has 0 radical (unpaired) electrons. The van der Waals surface area contributed by atoms with Gasteiger partial charge in [0.25, 0.3) is 5.91 Å². The fraction of sp³-hybridized carbons (Fsp3) is 0.421. The van der Waals surface area contributed by atoms with E-state index < -0.39 is 11.7 Å². The van der Waals surface area contributed by atoms with Gasteiger partial charge in [-0.15, -0.1) is 0 Å². The Balaban J connectivity index is 2.48. The summed E-state index contributed by atoms with van der Waals surface area (Å²) in [5, 5.41) is 5.97. The van der Waals surface area contributed by atoms with Crippen molar-refractivity contribution in [1.82, 2.24) is 9.97 Å². The number of nitrogens with two attached hydrogens (primary N) is 2. The lowest BCUT2D eigenvalue weighted by molar-refractivity contribution is 0.100. The van der Waals surface area contributed by atoms with Gasteiger partial charge in [0, 0.05) is 24.2 Å². The minimum absolute atomic E-state index is 0.0403. The third-order valence-electron chi connectivity index (χ3n) is 4.29. The molecule has 2 aromatic heterocycles. The summed E-state index contributed by atoms with van der Waals surface area (Å²) < 4.78 is 24.9. The molecule has 2 rings (SSSR count). The van der Waals surface area contributed by atoms with Crippen LogP contribution in [0.25, 0.3) is 0 Å². The van der Waals surface area contributed by atoms with Gasteiger partial charge in [0.15, 0.2) is 11.6 Å². The van der Waals surface area contributed by atoms with Crippen molar-refractivity contribution < 1.29 is 18.7 Å². The van der Waals surface area contributed by atoms with Gasteiger partial charge < -0.3 is 31.6 Å². The Hall–Kier alpha value is -3.14. The minimum Gasteiger partial charge on any atom is -0.481 e. The number of nitrogens with zero attached hydrogens (tertiary/aromatic N) is 2. The number of pyridine rings is 2. The average molecular weight is 406 g/mol. The summed E-state index contributed by atoms with van der Waals surface area (Å²) >= 11 is 0. The van der Waals surface area contributed by atoms with E-state index in [9.17, 15) is 9.18 Å². The van der Waals surface area contributed by atoms with Gasteiger partial charge in [0.05, 0.1) is 25.5 Å². The van der Waals surface area contributed by atoms with Crippen LogP contribution in [0.15, 0.2) is 18.2 Å². The molecule has 1 amide bonds. The Bertz CT molecular complexity index is 845. The van der Waals surface area contributed by atoms with E-state index in [1.54, 1.807) is 12.1 Å². The molecule has 0 aromatic carbocycles. The minimum atomic E-state index is -0.828. The first kappa shape index (κ1) is 22.2. The molecular formula is C19H27FN6O3. The fourth-order valence-corrected chi connectivity index (χ4v) is 2.84. The van der Waals surface area contributed by atoms with Crippen molar-refractivity contribution in [2.24, 2.45) is 17.4 Å². The van der Waals surface area contributed by atoms with Crippen LogP contribution in [-0.4, -0.2) is 42.2 Å². The zero-order valence-electron chi connectivity index (χ0n) is 17.1. The average Bonchev–Trinajstić information content (AvgIpc) is 2.66. The smallest absolute Gasteiger partial charge is 0.252 e. The number of anilines is 3. The first-order valence-corrected chi connectivity index (χ1v) is 9.05. The van der Waals surface area contributed by atoms with Gasteiger partial charge in [-0.3, -0.25) is 4.79 Å². The van der Waals surface area contributed by atoms with Crippen LogP contribution < -0.4 is 31.6 Å². The van der Waals surface area contributed by atoms with Crippen molar-refractivity contribution in [3.63, 3.8) is 0 Å². The van der Waals surface area contributed by atoms with Crippen molar-refractivity contribution in [2.75, 3.05) is 24.9 Å². The van der Waals surface area contributed by atoms with Crippen LogP contribution in [0.3, 0.4) is 0 Å². The molecule has 6 N–H and O–H groups in total. The normalized spacial score (nSPS) is 13.0. The third-order valence-corrected chi connectivity index (χ3v) is 4.29. The number of rotatable bonds is 9. The lowest BCUT2D eigenvalue weighted by atomic mass is 9.98. The molecule has 2 aromatic rings. The second-order valence-electron chi connectivity index (χ2n) is 6.92. The maximum atomic E-state index is 14.6. The number of hydrogen-bond donors (Lipinski definition) is 4. The molecule has 0 aliphatic heterocycles. The number of carbonyl (C=O) groups is 1. The van der Waals surface area contributed by atoms with Crippen molar-refractivity contribution in [3.8, 4) is 11.8 Å².